The van der Waals surface area contributed by atoms with Crippen molar-refractivity contribution in [2.45, 2.75) is 18.9 Å². The van der Waals surface area contributed by atoms with Crippen LogP contribution in [-0.4, -0.2) is 49.2 Å². The predicted octanol–water partition coefficient (Wildman–Crippen LogP) is 1.19. The summed E-state index contributed by atoms with van der Waals surface area (Å²) in [5, 5.41) is 13.0. The van der Waals surface area contributed by atoms with Crippen molar-refractivity contribution in [3.63, 3.8) is 0 Å². The van der Waals surface area contributed by atoms with E-state index in [0.29, 0.717) is 6.54 Å². The molecule has 1 aliphatic rings. The second-order valence-corrected chi connectivity index (χ2v) is 5.79. The predicted molar refractivity (Wildman–Crippen MR) is 89.0 cm³/mol. The van der Waals surface area contributed by atoms with Crippen molar-refractivity contribution in [1.29, 1.82) is 0 Å². The number of rotatable bonds is 6. The lowest BCUT2D eigenvalue weighted by molar-refractivity contribution is -0.126. The maximum atomic E-state index is 12.2. The minimum Gasteiger partial charge on any atom is -0.497 e. The molecule has 1 saturated heterocycles. The average Bonchev–Trinajstić information content (AvgIpc) is 2.60. The van der Waals surface area contributed by atoms with Gasteiger partial charge >= 0.3 is 0 Å². The lowest BCUT2D eigenvalue weighted by Gasteiger charge is -2.30. The third kappa shape index (κ3) is 4.98. The number of hydrogen-bond donors (Lipinski definition) is 2. The molecule has 0 saturated carbocycles. The summed E-state index contributed by atoms with van der Waals surface area (Å²) in [7, 11) is 1.60. The van der Waals surface area contributed by atoms with Gasteiger partial charge in [-0.05, 0) is 43.6 Å². The van der Waals surface area contributed by atoms with Crippen LogP contribution in [0.3, 0.4) is 0 Å². The number of likely N-dealkylation sites (tertiary alicyclic amines) is 1. The summed E-state index contributed by atoms with van der Waals surface area (Å²) in [6.07, 6.45) is 6.21. The van der Waals surface area contributed by atoms with E-state index in [1.807, 2.05) is 0 Å². The van der Waals surface area contributed by atoms with Crippen molar-refractivity contribution < 1.29 is 14.6 Å². The Bertz CT molecular complexity index is 542. The number of carbonyl (C=O) groups is 1. The molecule has 124 valence electrons. The lowest BCUT2D eigenvalue weighted by atomic mass is 9.96. The Morgan fingerprint density at radius 3 is 2.65 bits per heavy atom. The molecule has 1 amide bonds. The SMILES string of the molecule is C#CCN1CCC(C(=O)NCC(O)c2ccc(OC)cc2)CC1. The van der Waals surface area contributed by atoms with E-state index < -0.39 is 6.10 Å². The Morgan fingerprint density at radius 2 is 2.09 bits per heavy atom. The van der Waals surface area contributed by atoms with Crippen LogP contribution in [0.5, 0.6) is 5.75 Å². The van der Waals surface area contributed by atoms with Crippen molar-refractivity contribution in [3.8, 4) is 18.1 Å². The van der Waals surface area contributed by atoms with Crippen LogP contribution in [0.25, 0.3) is 0 Å². The summed E-state index contributed by atoms with van der Waals surface area (Å²) in [6.45, 7) is 2.56. The van der Waals surface area contributed by atoms with E-state index in [2.05, 4.69) is 16.1 Å². The van der Waals surface area contributed by atoms with E-state index in [0.717, 1.165) is 37.2 Å². The van der Waals surface area contributed by atoms with Gasteiger partial charge in [0.15, 0.2) is 0 Å². The zero-order valence-electron chi connectivity index (χ0n) is 13.5. The first-order chi connectivity index (χ1) is 11.1. The van der Waals surface area contributed by atoms with Crippen LogP contribution < -0.4 is 10.1 Å². The van der Waals surface area contributed by atoms with E-state index in [4.69, 9.17) is 11.2 Å². The summed E-state index contributed by atoms with van der Waals surface area (Å²) < 4.78 is 5.08. The third-order valence-electron chi connectivity index (χ3n) is 4.24. The van der Waals surface area contributed by atoms with E-state index in [9.17, 15) is 9.90 Å². The number of carbonyl (C=O) groups excluding carboxylic acids is 1. The summed E-state index contributed by atoms with van der Waals surface area (Å²) in [5.74, 6) is 3.39. The molecule has 5 nitrogen and oxygen atoms in total. The Hall–Kier alpha value is -2.03. The lowest BCUT2D eigenvalue weighted by Crippen LogP contribution is -2.41. The summed E-state index contributed by atoms with van der Waals surface area (Å²) in [4.78, 5) is 14.4. The number of aliphatic hydroxyl groups excluding tert-OH is 1. The number of nitrogens with one attached hydrogen (secondary N) is 1. The summed E-state index contributed by atoms with van der Waals surface area (Å²) >= 11 is 0. The van der Waals surface area contributed by atoms with Crippen LogP contribution in [0.2, 0.25) is 0 Å². The minimum atomic E-state index is -0.716. The molecule has 0 bridgehead atoms. The van der Waals surface area contributed by atoms with Gasteiger partial charge in [0.1, 0.15) is 5.75 Å². The fourth-order valence-electron chi connectivity index (χ4n) is 2.77. The van der Waals surface area contributed by atoms with Crippen molar-refractivity contribution in [2.75, 3.05) is 33.3 Å². The first kappa shape index (κ1) is 17.3. The molecule has 23 heavy (non-hydrogen) atoms. The molecule has 1 heterocycles. The first-order valence-electron chi connectivity index (χ1n) is 7.89. The maximum Gasteiger partial charge on any atom is 0.223 e. The summed E-state index contributed by atoms with van der Waals surface area (Å²) in [6, 6.07) is 7.19. The van der Waals surface area contributed by atoms with Crippen molar-refractivity contribution in [2.24, 2.45) is 5.92 Å². The molecule has 0 aliphatic carbocycles. The zero-order valence-corrected chi connectivity index (χ0v) is 13.5. The fraction of sp³-hybridized carbons (Fsp3) is 0.500. The quantitative estimate of drug-likeness (QED) is 0.774. The van der Waals surface area contributed by atoms with Gasteiger partial charge < -0.3 is 15.2 Å². The van der Waals surface area contributed by atoms with Gasteiger partial charge in [0.25, 0.3) is 0 Å². The minimum absolute atomic E-state index is 0.00657. The molecular formula is C18H24N2O3. The Labute approximate surface area is 137 Å². The highest BCUT2D eigenvalue weighted by Gasteiger charge is 2.24. The smallest absolute Gasteiger partial charge is 0.223 e. The van der Waals surface area contributed by atoms with Crippen LogP contribution >= 0.6 is 0 Å². The number of aliphatic hydroxyl groups is 1. The number of methoxy groups -OCH3 is 1. The molecule has 2 rings (SSSR count). The third-order valence-corrected chi connectivity index (χ3v) is 4.24. The van der Waals surface area contributed by atoms with Gasteiger partial charge in [-0.1, -0.05) is 18.1 Å². The highest BCUT2D eigenvalue weighted by Crippen LogP contribution is 2.19. The Balaban J connectivity index is 1.76. The van der Waals surface area contributed by atoms with Crippen LogP contribution in [-0.2, 0) is 4.79 Å². The highest BCUT2D eigenvalue weighted by atomic mass is 16.5. The van der Waals surface area contributed by atoms with Crippen LogP contribution in [0, 0.1) is 18.3 Å². The van der Waals surface area contributed by atoms with Crippen molar-refractivity contribution in [1.82, 2.24) is 10.2 Å². The molecule has 1 aliphatic heterocycles. The van der Waals surface area contributed by atoms with Gasteiger partial charge in [-0.15, -0.1) is 6.42 Å². The van der Waals surface area contributed by atoms with E-state index >= 15 is 0 Å². The van der Waals surface area contributed by atoms with Crippen LogP contribution in [0.4, 0.5) is 0 Å². The standard InChI is InChI=1S/C18H24N2O3/c1-3-10-20-11-8-15(9-12-20)18(22)19-13-17(21)14-4-6-16(23-2)7-5-14/h1,4-7,15,17,21H,8-13H2,2H3,(H,19,22). The number of hydrogen-bond acceptors (Lipinski definition) is 4. The topological polar surface area (TPSA) is 61.8 Å². The number of amides is 1. The van der Waals surface area contributed by atoms with E-state index in [-0.39, 0.29) is 18.4 Å². The number of terminal acetylenes is 1. The van der Waals surface area contributed by atoms with E-state index in [1.165, 1.54) is 0 Å². The van der Waals surface area contributed by atoms with Gasteiger partial charge in [-0.25, -0.2) is 0 Å². The fourth-order valence-corrected chi connectivity index (χ4v) is 2.77. The molecule has 1 aromatic carbocycles. The number of benzene rings is 1. The van der Waals surface area contributed by atoms with Crippen LogP contribution in [0.15, 0.2) is 24.3 Å². The normalized spacial score (nSPS) is 17.3. The molecule has 1 aromatic rings. The molecule has 0 aromatic heterocycles. The highest BCUT2D eigenvalue weighted by molar-refractivity contribution is 5.78. The first-order valence-corrected chi connectivity index (χ1v) is 7.89. The second-order valence-electron chi connectivity index (χ2n) is 5.79. The number of ether oxygens (including phenoxy) is 1. The number of nitrogens with zero attached hydrogens (tertiary/aromatic N) is 1. The Morgan fingerprint density at radius 1 is 1.43 bits per heavy atom. The zero-order chi connectivity index (χ0) is 16.7. The molecular weight excluding hydrogens is 292 g/mol. The maximum absolute atomic E-state index is 12.2. The monoisotopic (exact) mass is 316 g/mol. The second kappa shape index (κ2) is 8.56. The van der Waals surface area contributed by atoms with Gasteiger partial charge in [0.05, 0.1) is 19.8 Å². The molecule has 5 heteroatoms. The van der Waals surface area contributed by atoms with Gasteiger partial charge in [-0.3, -0.25) is 9.69 Å². The van der Waals surface area contributed by atoms with Gasteiger partial charge in [0, 0.05) is 12.5 Å². The number of piperidine rings is 1. The molecule has 2 N–H and O–H groups in total. The average molecular weight is 316 g/mol. The van der Waals surface area contributed by atoms with Crippen molar-refractivity contribution >= 4 is 5.91 Å². The molecule has 1 unspecified atom stereocenters. The molecule has 0 radical (unpaired) electrons. The van der Waals surface area contributed by atoms with Gasteiger partial charge in [0.2, 0.25) is 5.91 Å². The molecule has 1 fully saturated rings. The van der Waals surface area contributed by atoms with E-state index in [1.54, 1.807) is 31.4 Å². The largest absolute Gasteiger partial charge is 0.497 e. The molecule has 0 spiro atoms. The molecule has 1 atom stereocenters. The Kier molecular flexibility index (Phi) is 6.45. The summed E-state index contributed by atoms with van der Waals surface area (Å²) in [5.41, 5.74) is 0.759. The van der Waals surface area contributed by atoms with Crippen LogP contribution in [0.1, 0.15) is 24.5 Å². The van der Waals surface area contributed by atoms with Crippen molar-refractivity contribution in [3.05, 3.63) is 29.8 Å². The van der Waals surface area contributed by atoms with Gasteiger partial charge in [-0.2, -0.15) is 0 Å².